The molecule has 0 radical (unpaired) electrons. The summed E-state index contributed by atoms with van der Waals surface area (Å²) in [5.74, 6) is 0.829. The SMILES string of the molecule is ClCC[NH+]1CC1.[Cl-]. The van der Waals surface area contributed by atoms with Crippen LogP contribution in [0.3, 0.4) is 0 Å². The number of hydrogen-bond donors (Lipinski definition) is 1. The first-order valence-electron chi connectivity index (χ1n) is 2.33. The van der Waals surface area contributed by atoms with Gasteiger partial charge in [-0.25, -0.2) is 0 Å². The molecule has 0 unspecified atom stereocenters. The largest absolute Gasteiger partial charge is 1.00 e. The van der Waals surface area contributed by atoms with E-state index < -0.39 is 0 Å². The molecule has 0 atom stereocenters. The molecule has 1 aliphatic heterocycles. The lowest BCUT2D eigenvalue weighted by molar-refractivity contribution is -0.755. The van der Waals surface area contributed by atoms with Gasteiger partial charge in [-0.2, -0.15) is 0 Å². The van der Waals surface area contributed by atoms with Crippen LogP contribution >= 0.6 is 11.6 Å². The molecule has 0 aromatic carbocycles. The van der Waals surface area contributed by atoms with E-state index in [0.717, 1.165) is 5.88 Å². The average molecular weight is 142 g/mol. The van der Waals surface area contributed by atoms with Crippen molar-refractivity contribution in [3.05, 3.63) is 0 Å². The molecule has 0 aromatic heterocycles. The zero-order valence-electron chi connectivity index (χ0n) is 4.08. The van der Waals surface area contributed by atoms with Crippen LogP contribution in [0.25, 0.3) is 0 Å². The Bertz CT molecular complexity index is 45.0. The minimum Gasteiger partial charge on any atom is -1.00 e. The molecule has 0 amide bonds. The highest BCUT2D eigenvalue weighted by atomic mass is 35.5. The number of alkyl halides is 1. The summed E-state index contributed by atoms with van der Waals surface area (Å²) in [6.45, 7) is 3.88. The maximum Gasteiger partial charge on any atom is 0.127 e. The Morgan fingerprint density at radius 3 is 2.14 bits per heavy atom. The van der Waals surface area contributed by atoms with Crippen LogP contribution in [0.1, 0.15) is 0 Å². The van der Waals surface area contributed by atoms with Crippen molar-refractivity contribution >= 4 is 11.6 Å². The summed E-state index contributed by atoms with van der Waals surface area (Å²) in [6.07, 6.45) is 0. The molecule has 44 valence electrons. The normalized spacial score (nSPS) is 18.4. The average Bonchev–Trinajstić information content (AvgIpc) is 2.21. The van der Waals surface area contributed by atoms with E-state index in [1.165, 1.54) is 19.6 Å². The van der Waals surface area contributed by atoms with Crippen LogP contribution in [0, 0.1) is 0 Å². The van der Waals surface area contributed by atoms with Crippen molar-refractivity contribution in [2.45, 2.75) is 0 Å². The first kappa shape index (κ1) is 7.54. The van der Waals surface area contributed by atoms with Gasteiger partial charge in [0.05, 0.1) is 12.4 Å². The second-order valence-corrected chi connectivity index (χ2v) is 2.07. The summed E-state index contributed by atoms with van der Waals surface area (Å²) in [7, 11) is 0. The highest BCUT2D eigenvalue weighted by Crippen LogP contribution is 1.68. The lowest BCUT2D eigenvalue weighted by Crippen LogP contribution is -3.00. The van der Waals surface area contributed by atoms with Gasteiger partial charge in [0, 0.05) is 0 Å². The Morgan fingerprint density at radius 1 is 1.43 bits per heavy atom. The molecule has 7 heavy (non-hydrogen) atoms. The number of nitrogens with one attached hydrogen (secondary N) is 1. The maximum atomic E-state index is 5.42. The Labute approximate surface area is 55.0 Å². The van der Waals surface area contributed by atoms with Gasteiger partial charge in [-0.3, -0.25) is 0 Å². The predicted molar refractivity (Wildman–Crippen MR) is 26.3 cm³/mol. The van der Waals surface area contributed by atoms with Gasteiger partial charge in [0.15, 0.2) is 0 Å². The van der Waals surface area contributed by atoms with E-state index in [1.807, 2.05) is 0 Å². The van der Waals surface area contributed by atoms with Gasteiger partial charge in [0.1, 0.15) is 13.1 Å². The van der Waals surface area contributed by atoms with Gasteiger partial charge in [-0.05, 0) is 0 Å². The smallest absolute Gasteiger partial charge is 0.127 e. The molecule has 0 aliphatic carbocycles. The van der Waals surface area contributed by atoms with Crippen LogP contribution < -0.4 is 17.3 Å². The first-order chi connectivity index (χ1) is 2.93. The van der Waals surface area contributed by atoms with E-state index in [1.54, 1.807) is 4.90 Å². The van der Waals surface area contributed by atoms with Crippen molar-refractivity contribution < 1.29 is 17.3 Å². The molecule has 1 saturated heterocycles. The molecule has 1 aliphatic rings. The van der Waals surface area contributed by atoms with Crippen molar-refractivity contribution in [2.24, 2.45) is 0 Å². The molecule has 1 fully saturated rings. The molecule has 1 nitrogen and oxygen atoms in total. The molecular formula is C4H9Cl2N. The Balaban J connectivity index is 0.000000360. The second kappa shape index (κ2) is 3.53. The van der Waals surface area contributed by atoms with Gasteiger partial charge in [0.25, 0.3) is 0 Å². The van der Waals surface area contributed by atoms with Crippen molar-refractivity contribution in [3.63, 3.8) is 0 Å². The molecule has 3 heteroatoms. The van der Waals surface area contributed by atoms with Crippen molar-refractivity contribution in [3.8, 4) is 0 Å². The van der Waals surface area contributed by atoms with Crippen LogP contribution in [-0.2, 0) is 0 Å². The molecule has 0 saturated carbocycles. The minimum atomic E-state index is 0. The van der Waals surface area contributed by atoms with Crippen LogP contribution in [0.15, 0.2) is 0 Å². The monoisotopic (exact) mass is 141 g/mol. The fourth-order valence-electron chi connectivity index (χ4n) is 0.472. The van der Waals surface area contributed by atoms with Gasteiger partial charge in [-0.1, -0.05) is 0 Å². The highest BCUT2D eigenvalue weighted by Gasteiger charge is 2.20. The van der Waals surface area contributed by atoms with E-state index in [9.17, 15) is 0 Å². The standard InChI is InChI=1S/C4H8ClN.ClH/c5-1-2-6-3-4-6;/h1-4H2;1H. The third kappa shape index (κ3) is 3.15. The Morgan fingerprint density at radius 2 is 2.00 bits per heavy atom. The summed E-state index contributed by atoms with van der Waals surface area (Å²) < 4.78 is 0. The van der Waals surface area contributed by atoms with Crippen LogP contribution in [0.4, 0.5) is 0 Å². The second-order valence-electron chi connectivity index (χ2n) is 1.69. The molecular weight excluding hydrogens is 133 g/mol. The zero-order chi connectivity index (χ0) is 4.41. The first-order valence-corrected chi connectivity index (χ1v) is 2.86. The number of quaternary nitrogens is 1. The molecule has 1 N–H and O–H groups in total. The highest BCUT2D eigenvalue weighted by molar-refractivity contribution is 6.17. The third-order valence-electron chi connectivity index (χ3n) is 1.05. The summed E-state index contributed by atoms with van der Waals surface area (Å²) in [4.78, 5) is 1.66. The van der Waals surface area contributed by atoms with E-state index in [2.05, 4.69) is 0 Å². The third-order valence-corrected chi connectivity index (χ3v) is 1.24. The molecule has 1 rings (SSSR count). The number of halogens is 2. The summed E-state index contributed by atoms with van der Waals surface area (Å²) >= 11 is 5.42. The van der Waals surface area contributed by atoms with Gasteiger partial charge >= 0.3 is 0 Å². The fourth-order valence-corrected chi connectivity index (χ4v) is 0.739. The van der Waals surface area contributed by atoms with Crippen molar-refractivity contribution in [1.29, 1.82) is 0 Å². The molecule has 0 bridgehead atoms. The van der Waals surface area contributed by atoms with Crippen LogP contribution in [0.5, 0.6) is 0 Å². The fraction of sp³-hybridized carbons (Fsp3) is 1.00. The van der Waals surface area contributed by atoms with Crippen molar-refractivity contribution in [1.82, 2.24) is 0 Å². The van der Waals surface area contributed by atoms with Crippen LogP contribution in [-0.4, -0.2) is 25.5 Å². The van der Waals surface area contributed by atoms with E-state index in [-0.39, 0.29) is 12.4 Å². The lowest BCUT2D eigenvalue weighted by Gasteiger charge is -1.84. The van der Waals surface area contributed by atoms with Crippen LogP contribution in [0.2, 0.25) is 0 Å². The number of rotatable bonds is 2. The molecule has 0 aromatic rings. The Hall–Kier alpha value is 0.540. The number of hydrogen-bond acceptors (Lipinski definition) is 0. The summed E-state index contributed by atoms with van der Waals surface area (Å²) in [5.41, 5.74) is 0. The summed E-state index contributed by atoms with van der Waals surface area (Å²) in [5, 5.41) is 0. The van der Waals surface area contributed by atoms with E-state index in [4.69, 9.17) is 11.6 Å². The predicted octanol–water partition coefficient (Wildman–Crippen LogP) is -3.87. The van der Waals surface area contributed by atoms with Crippen molar-refractivity contribution in [2.75, 3.05) is 25.5 Å². The quantitative estimate of drug-likeness (QED) is 0.297. The van der Waals surface area contributed by atoms with E-state index in [0.29, 0.717) is 0 Å². The summed E-state index contributed by atoms with van der Waals surface area (Å²) in [6, 6.07) is 0. The molecule has 1 heterocycles. The van der Waals surface area contributed by atoms with Gasteiger partial charge in [-0.15, -0.1) is 11.6 Å². The van der Waals surface area contributed by atoms with E-state index >= 15 is 0 Å². The minimum absolute atomic E-state index is 0. The lowest BCUT2D eigenvalue weighted by atomic mass is 10.8. The van der Waals surface area contributed by atoms with Gasteiger partial charge in [0.2, 0.25) is 0 Å². The topological polar surface area (TPSA) is 4.44 Å². The maximum absolute atomic E-state index is 5.42. The van der Waals surface area contributed by atoms with Gasteiger partial charge < -0.3 is 17.3 Å². The Kier molecular flexibility index (Phi) is 3.80. The zero-order valence-corrected chi connectivity index (χ0v) is 5.60. The molecule has 0 spiro atoms.